The van der Waals surface area contributed by atoms with Gasteiger partial charge in [-0.15, -0.1) is 0 Å². The van der Waals surface area contributed by atoms with Crippen LogP contribution in [0.25, 0.3) is 0 Å². The molecule has 1 heterocycles. The number of nitrogens with zero attached hydrogens (tertiary/aromatic N) is 2. The van der Waals surface area contributed by atoms with Gasteiger partial charge in [0.25, 0.3) is 0 Å². The van der Waals surface area contributed by atoms with Gasteiger partial charge in [-0.1, -0.05) is 12.1 Å². The van der Waals surface area contributed by atoms with E-state index < -0.39 is 0 Å². The van der Waals surface area contributed by atoms with Crippen LogP contribution in [0.1, 0.15) is 44.0 Å². The Balaban J connectivity index is 1.98. The molecule has 0 bridgehead atoms. The van der Waals surface area contributed by atoms with E-state index in [0.717, 1.165) is 16.8 Å². The van der Waals surface area contributed by atoms with E-state index >= 15 is 0 Å². The van der Waals surface area contributed by atoms with Gasteiger partial charge in [0.15, 0.2) is 0 Å². The van der Waals surface area contributed by atoms with E-state index in [0.29, 0.717) is 12.5 Å². The molecule has 2 aromatic rings. The standard InChI is InChI=1S/C17H24N4O/c1-12(2)21-11-15(10-19-21)13(3)20-16-7-5-14(6-8-16)9-17(22)18-4/h5-8,10-13,20H,9H2,1-4H3,(H,18,22)/t13-/m0/s1. The molecule has 2 N–H and O–H groups in total. The van der Waals surface area contributed by atoms with Crippen LogP contribution in [0.3, 0.4) is 0 Å². The molecule has 22 heavy (non-hydrogen) atoms. The first-order chi connectivity index (χ1) is 10.5. The third-order valence-electron chi connectivity index (χ3n) is 3.63. The van der Waals surface area contributed by atoms with Crippen LogP contribution in [-0.2, 0) is 11.2 Å². The molecule has 0 fully saturated rings. The fraction of sp³-hybridized carbons (Fsp3) is 0.412. The first-order valence-corrected chi connectivity index (χ1v) is 7.59. The lowest BCUT2D eigenvalue weighted by atomic mass is 10.1. The Kier molecular flexibility index (Phi) is 5.20. The Morgan fingerprint density at radius 1 is 1.23 bits per heavy atom. The number of amides is 1. The zero-order valence-corrected chi connectivity index (χ0v) is 13.6. The molecule has 1 amide bonds. The number of nitrogens with one attached hydrogen (secondary N) is 2. The molecule has 118 valence electrons. The summed E-state index contributed by atoms with van der Waals surface area (Å²) in [6.45, 7) is 6.33. The van der Waals surface area contributed by atoms with Gasteiger partial charge in [0.2, 0.25) is 5.91 Å². The van der Waals surface area contributed by atoms with Gasteiger partial charge in [-0.05, 0) is 38.5 Å². The van der Waals surface area contributed by atoms with Crippen LogP contribution in [0, 0.1) is 0 Å². The fourth-order valence-electron chi connectivity index (χ4n) is 2.18. The van der Waals surface area contributed by atoms with Crippen molar-refractivity contribution in [3.05, 3.63) is 47.8 Å². The number of carbonyl (C=O) groups excluding carboxylic acids is 1. The number of benzene rings is 1. The average molecular weight is 300 g/mol. The zero-order chi connectivity index (χ0) is 16.1. The topological polar surface area (TPSA) is 59.0 Å². The molecule has 0 aliphatic carbocycles. The van der Waals surface area contributed by atoms with Crippen molar-refractivity contribution in [3.63, 3.8) is 0 Å². The molecular formula is C17H24N4O. The summed E-state index contributed by atoms with van der Waals surface area (Å²) < 4.78 is 1.96. The quantitative estimate of drug-likeness (QED) is 0.862. The minimum Gasteiger partial charge on any atom is -0.378 e. The normalized spacial score (nSPS) is 12.2. The third-order valence-corrected chi connectivity index (χ3v) is 3.63. The van der Waals surface area contributed by atoms with Gasteiger partial charge >= 0.3 is 0 Å². The predicted octanol–water partition coefficient (Wildman–Crippen LogP) is 2.93. The summed E-state index contributed by atoms with van der Waals surface area (Å²) in [5.41, 5.74) is 3.19. The summed E-state index contributed by atoms with van der Waals surface area (Å²) in [4.78, 5) is 11.4. The van der Waals surface area contributed by atoms with Gasteiger partial charge in [-0.3, -0.25) is 9.48 Å². The van der Waals surface area contributed by atoms with Crippen LogP contribution in [0.15, 0.2) is 36.7 Å². The van der Waals surface area contributed by atoms with Gasteiger partial charge in [0, 0.05) is 30.5 Å². The Morgan fingerprint density at radius 3 is 2.45 bits per heavy atom. The third kappa shape index (κ3) is 4.10. The number of carbonyl (C=O) groups is 1. The smallest absolute Gasteiger partial charge is 0.224 e. The van der Waals surface area contributed by atoms with Crippen LogP contribution >= 0.6 is 0 Å². The van der Waals surface area contributed by atoms with E-state index in [9.17, 15) is 4.79 Å². The number of aromatic nitrogens is 2. The van der Waals surface area contributed by atoms with Crippen molar-refractivity contribution in [3.8, 4) is 0 Å². The summed E-state index contributed by atoms with van der Waals surface area (Å²) in [5, 5.41) is 10.4. The van der Waals surface area contributed by atoms with Gasteiger partial charge in [0.05, 0.1) is 18.7 Å². The molecule has 5 nitrogen and oxygen atoms in total. The molecule has 2 rings (SSSR count). The Labute approximate surface area is 131 Å². The van der Waals surface area contributed by atoms with E-state index in [1.54, 1.807) is 7.05 Å². The highest BCUT2D eigenvalue weighted by Crippen LogP contribution is 2.20. The Bertz CT molecular complexity index is 616. The fourth-order valence-corrected chi connectivity index (χ4v) is 2.18. The lowest BCUT2D eigenvalue weighted by molar-refractivity contribution is -0.119. The Morgan fingerprint density at radius 2 is 1.91 bits per heavy atom. The molecule has 0 saturated carbocycles. The lowest BCUT2D eigenvalue weighted by Gasteiger charge is -2.14. The molecule has 1 atom stereocenters. The van der Waals surface area contributed by atoms with E-state index in [2.05, 4.69) is 42.7 Å². The second-order valence-electron chi connectivity index (χ2n) is 5.76. The molecule has 5 heteroatoms. The largest absolute Gasteiger partial charge is 0.378 e. The first kappa shape index (κ1) is 16.1. The number of anilines is 1. The molecule has 0 saturated heterocycles. The number of rotatable bonds is 6. The maximum absolute atomic E-state index is 11.4. The summed E-state index contributed by atoms with van der Waals surface area (Å²) in [7, 11) is 1.65. The summed E-state index contributed by atoms with van der Waals surface area (Å²) in [5.74, 6) is 0.0233. The molecular weight excluding hydrogens is 276 g/mol. The molecule has 0 aliphatic heterocycles. The minimum absolute atomic E-state index is 0.0233. The highest BCUT2D eigenvalue weighted by Gasteiger charge is 2.09. The van der Waals surface area contributed by atoms with Crippen LogP contribution in [0.2, 0.25) is 0 Å². The van der Waals surface area contributed by atoms with E-state index in [1.807, 2.05) is 35.1 Å². The highest BCUT2D eigenvalue weighted by atomic mass is 16.1. The number of likely N-dealkylation sites (N-methyl/N-ethyl adjacent to an activating group) is 1. The van der Waals surface area contributed by atoms with Crippen LogP contribution in [0.4, 0.5) is 5.69 Å². The van der Waals surface area contributed by atoms with Gasteiger partial charge in [-0.25, -0.2) is 0 Å². The van der Waals surface area contributed by atoms with Crippen LogP contribution in [-0.4, -0.2) is 22.7 Å². The molecule has 0 unspecified atom stereocenters. The van der Waals surface area contributed by atoms with E-state index in [-0.39, 0.29) is 11.9 Å². The molecule has 0 radical (unpaired) electrons. The van der Waals surface area contributed by atoms with Crippen molar-refractivity contribution in [1.82, 2.24) is 15.1 Å². The maximum atomic E-state index is 11.4. The van der Waals surface area contributed by atoms with E-state index in [1.165, 1.54) is 0 Å². The van der Waals surface area contributed by atoms with Crippen molar-refractivity contribution in [2.24, 2.45) is 0 Å². The SMILES string of the molecule is CNC(=O)Cc1ccc(N[C@@H](C)c2cnn(C(C)C)c2)cc1. The van der Waals surface area contributed by atoms with Gasteiger partial charge in [-0.2, -0.15) is 5.10 Å². The van der Waals surface area contributed by atoms with Crippen molar-refractivity contribution >= 4 is 11.6 Å². The van der Waals surface area contributed by atoms with Crippen molar-refractivity contribution < 1.29 is 4.79 Å². The first-order valence-electron chi connectivity index (χ1n) is 7.59. The highest BCUT2D eigenvalue weighted by molar-refractivity contribution is 5.78. The number of hydrogen-bond donors (Lipinski definition) is 2. The van der Waals surface area contributed by atoms with Crippen molar-refractivity contribution in [2.45, 2.75) is 39.3 Å². The predicted molar refractivity (Wildman–Crippen MR) is 88.9 cm³/mol. The summed E-state index contributed by atoms with van der Waals surface area (Å²) in [6.07, 6.45) is 4.38. The molecule has 1 aromatic carbocycles. The monoisotopic (exact) mass is 300 g/mol. The van der Waals surface area contributed by atoms with Gasteiger partial charge < -0.3 is 10.6 Å². The number of hydrogen-bond acceptors (Lipinski definition) is 3. The summed E-state index contributed by atoms with van der Waals surface area (Å²) in [6, 6.07) is 8.50. The molecule has 1 aromatic heterocycles. The van der Waals surface area contributed by atoms with Crippen molar-refractivity contribution in [2.75, 3.05) is 12.4 Å². The minimum atomic E-state index is 0.0233. The molecule has 0 aliphatic rings. The lowest BCUT2D eigenvalue weighted by Crippen LogP contribution is -2.19. The van der Waals surface area contributed by atoms with Gasteiger partial charge in [0.1, 0.15) is 0 Å². The Hall–Kier alpha value is -2.30. The maximum Gasteiger partial charge on any atom is 0.224 e. The zero-order valence-electron chi connectivity index (χ0n) is 13.6. The average Bonchev–Trinajstić information content (AvgIpc) is 2.99. The summed E-state index contributed by atoms with van der Waals surface area (Å²) >= 11 is 0. The van der Waals surface area contributed by atoms with Crippen LogP contribution < -0.4 is 10.6 Å². The second kappa shape index (κ2) is 7.11. The van der Waals surface area contributed by atoms with Crippen molar-refractivity contribution in [1.29, 1.82) is 0 Å². The second-order valence-corrected chi connectivity index (χ2v) is 5.76. The van der Waals surface area contributed by atoms with E-state index in [4.69, 9.17) is 0 Å². The molecule has 0 spiro atoms. The van der Waals surface area contributed by atoms with Crippen LogP contribution in [0.5, 0.6) is 0 Å².